The van der Waals surface area contributed by atoms with E-state index < -0.39 is 16.0 Å². The van der Waals surface area contributed by atoms with Crippen LogP contribution in [-0.4, -0.2) is 25.9 Å². The van der Waals surface area contributed by atoms with Gasteiger partial charge in [0.1, 0.15) is 18.6 Å². The predicted octanol–water partition coefficient (Wildman–Crippen LogP) is 3.31. The Hall–Kier alpha value is -2.97. The lowest BCUT2D eigenvalue weighted by molar-refractivity contribution is 0.0467. The monoisotopic (exact) mass is 400 g/mol. The second-order valence-corrected chi connectivity index (χ2v) is 7.88. The number of ether oxygens (including phenoxy) is 1. The van der Waals surface area contributed by atoms with Crippen molar-refractivity contribution in [2.75, 3.05) is 6.54 Å². The van der Waals surface area contributed by atoms with E-state index in [0.29, 0.717) is 11.6 Å². The number of nitrogens with one attached hydrogen (secondary N) is 1. The predicted molar refractivity (Wildman–Crippen MR) is 103 cm³/mol. The molecular weight excluding hydrogens is 380 g/mol. The Balaban J connectivity index is 1.62. The van der Waals surface area contributed by atoms with Gasteiger partial charge < -0.3 is 9.15 Å². The molecule has 0 saturated carbocycles. The number of esters is 1. The maximum Gasteiger partial charge on any atom is 0.338 e. The number of carbonyl (C=O) groups is 1. The van der Waals surface area contributed by atoms with Crippen LogP contribution in [0, 0.1) is 6.92 Å². The third-order valence-electron chi connectivity index (χ3n) is 3.94. The van der Waals surface area contributed by atoms with Crippen LogP contribution in [0.25, 0.3) is 11.5 Å². The summed E-state index contributed by atoms with van der Waals surface area (Å²) >= 11 is 0. The first-order valence-electron chi connectivity index (χ1n) is 8.67. The number of oxazole rings is 1. The second kappa shape index (κ2) is 8.37. The van der Waals surface area contributed by atoms with Gasteiger partial charge in [0, 0.05) is 12.1 Å². The average Bonchev–Trinajstić information content (AvgIpc) is 3.16. The lowest BCUT2D eigenvalue weighted by atomic mass is 10.1. The van der Waals surface area contributed by atoms with E-state index in [1.165, 1.54) is 30.5 Å². The number of aromatic nitrogens is 1. The molecule has 8 heteroatoms. The van der Waals surface area contributed by atoms with Gasteiger partial charge in [-0.05, 0) is 43.3 Å². The van der Waals surface area contributed by atoms with Crippen molar-refractivity contribution in [1.82, 2.24) is 9.71 Å². The molecule has 0 aliphatic carbocycles. The highest BCUT2D eigenvalue weighted by molar-refractivity contribution is 7.89. The lowest BCUT2D eigenvalue weighted by Crippen LogP contribution is -2.23. The molecule has 0 aliphatic rings. The minimum absolute atomic E-state index is 0.0500. The summed E-state index contributed by atoms with van der Waals surface area (Å²) in [4.78, 5) is 16.6. The molecule has 146 valence electrons. The van der Waals surface area contributed by atoms with E-state index in [2.05, 4.69) is 9.71 Å². The van der Waals surface area contributed by atoms with Gasteiger partial charge in [-0.3, -0.25) is 0 Å². The van der Waals surface area contributed by atoms with Crippen molar-refractivity contribution in [3.63, 3.8) is 0 Å². The third kappa shape index (κ3) is 4.65. The zero-order valence-electron chi connectivity index (χ0n) is 15.5. The molecule has 3 rings (SSSR count). The molecule has 1 heterocycles. The molecule has 7 nitrogen and oxygen atoms in total. The van der Waals surface area contributed by atoms with Crippen LogP contribution in [0.2, 0.25) is 0 Å². The first-order valence-corrected chi connectivity index (χ1v) is 10.2. The number of aryl methyl sites for hydroxylation is 1. The highest BCUT2D eigenvalue weighted by atomic mass is 32.2. The molecule has 2 aromatic carbocycles. The van der Waals surface area contributed by atoms with Crippen molar-refractivity contribution in [2.45, 2.75) is 25.3 Å². The fourth-order valence-corrected chi connectivity index (χ4v) is 3.51. The smallest absolute Gasteiger partial charge is 0.338 e. The molecule has 0 bridgehead atoms. The molecule has 1 N–H and O–H groups in total. The summed E-state index contributed by atoms with van der Waals surface area (Å²) in [7, 11) is -3.56. The van der Waals surface area contributed by atoms with E-state index >= 15 is 0 Å². The fourth-order valence-electron chi connectivity index (χ4n) is 2.47. The number of rotatable bonds is 7. The van der Waals surface area contributed by atoms with Gasteiger partial charge in [-0.1, -0.05) is 24.6 Å². The van der Waals surface area contributed by atoms with Crippen molar-refractivity contribution >= 4 is 16.0 Å². The van der Waals surface area contributed by atoms with Crippen LogP contribution in [0.5, 0.6) is 0 Å². The van der Waals surface area contributed by atoms with Crippen molar-refractivity contribution in [1.29, 1.82) is 0 Å². The second-order valence-electron chi connectivity index (χ2n) is 6.11. The summed E-state index contributed by atoms with van der Waals surface area (Å²) in [6, 6.07) is 13.3. The highest BCUT2D eigenvalue weighted by Crippen LogP contribution is 2.19. The summed E-state index contributed by atoms with van der Waals surface area (Å²) in [6.45, 7) is 3.92. The number of hydrogen-bond donors (Lipinski definition) is 1. The van der Waals surface area contributed by atoms with E-state index in [9.17, 15) is 13.2 Å². The number of sulfonamides is 1. The van der Waals surface area contributed by atoms with Crippen molar-refractivity contribution in [2.24, 2.45) is 0 Å². The van der Waals surface area contributed by atoms with Crippen LogP contribution >= 0.6 is 0 Å². The Morgan fingerprint density at radius 2 is 1.79 bits per heavy atom. The maximum atomic E-state index is 12.2. The molecule has 0 radical (unpaired) electrons. The van der Waals surface area contributed by atoms with E-state index in [1.54, 1.807) is 6.92 Å². The summed E-state index contributed by atoms with van der Waals surface area (Å²) in [6.07, 6.45) is 1.44. The van der Waals surface area contributed by atoms with Gasteiger partial charge in [-0.25, -0.2) is 22.9 Å². The Morgan fingerprint density at radius 1 is 1.11 bits per heavy atom. The summed E-state index contributed by atoms with van der Waals surface area (Å²) in [5.74, 6) is -0.128. The van der Waals surface area contributed by atoms with Gasteiger partial charge in [-0.2, -0.15) is 0 Å². The van der Waals surface area contributed by atoms with Gasteiger partial charge in [0.25, 0.3) is 0 Å². The molecule has 0 atom stereocenters. The third-order valence-corrected chi connectivity index (χ3v) is 5.50. The van der Waals surface area contributed by atoms with Crippen molar-refractivity contribution in [3.8, 4) is 11.5 Å². The largest absolute Gasteiger partial charge is 0.455 e. The molecule has 0 amide bonds. The zero-order valence-corrected chi connectivity index (χ0v) is 16.3. The van der Waals surface area contributed by atoms with Crippen LogP contribution in [-0.2, 0) is 21.4 Å². The molecule has 0 unspecified atom stereocenters. The van der Waals surface area contributed by atoms with E-state index in [4.69, 9.17) is 9.15 Å². The zero-order chi connectivity index (χ0) is 20.1. The number of carbonyl (C=O) groups excluding carboxylic acids is 1. The molecule has 0 saturated heterocycles. The van der Waals surface area contributed by atoms with Crippen LogP contribution in [0.4, 0.5) is 0 Å². The number of nitrogens with zero attached hydrogens (tertiary/aromatic N) is 1. The summed E-state index contributed by atoms with van der Waals surface area (Å²) in [5, 5.41) is 0. The summed E-state index contributed by atoms with van der Waals surface area (Å²) in [5.41, 5.74) is 2.70. The van der Waals surface area contributed by atoms with Gasteiger partial charge in [0.15, 0.2) is 0 Å². The number of hydrogen-bond acceptors (Lipinski definition) is 6. The maximum absolute atomic E-state index is 12.2. The first-order chi connectivity index (χ1) is 13.4. The molecule has 0 aliphatic heterocycles. The van der Waals surface area contributed by atoms with Gasteiger partial charge in [0.2, 0.25) is 15.9 Å². The molecule has 0 spiro atoms. The topological polar surface area (TPSA) is 98.5 Å². The van der Waals surface area contributed by atoms with E-state index in [0.717, 1.165) is 11.1 Å². The Kier molecular flexibility index (Phi) is 5.91. The standard InChI is InChI=1S/C20H20N2O5S/c1-3-21-28(24,25)18-10-8-16(9-11-18)20(23)27-13-17-12-26-19(22-17)15-6-4-14(2)5-7-15/h4-12,21H,3,13H2,1-2H3. The quantitative estimate of drug-likeness (QED) is 0.611. The van der Waals surface area contributed by atoms with Gasteiger partial charge in [0.05, 0.1) is 10.5 Å². The Morgan fingerprint density at radius 3 is 2.43 bits per heavy atom. The SMILES string of the molecule is CCNS(=O)(=O)c1ccc(C(=O)OCc2coc(-c3ccc(C)cc3)n2)cc1. The molecule has 28 heavy (non-hydrogen) atoms. The van der Waals surface area contributed by atoms with Gasteiger partial charge in [-0.15, -0.1) is 0 Å². The first kappa shape index (κ1) is 19.8. The molecule has 3 aromatic rings. The molecule has 0 fully saturated rings. The highest BCUT2D eigenvalue weighted by Gasteiger charge is 2.15. The van der Waals surface area contributed by atoms with Crippen LogP contribution in [0.15, 0.2) is 64.1 Å². The normalized spacial score (nSPS) is 11.4. The number of benzene rings is 2. The molecular formula is C20H20N2O5S. The fraction of sp³-hybridized carbons (Fsp3) is 0.200. The minimum Gasteiger partial charge on any atom is -0.455 e. The Bertz CT molecular complexity index is 1050. The minimum atomic E-state index is -3.56. The van der Waals surface area contributed by atoms with E-state index in [-0.39, 0.29) is 23.6 Å². The van der Waals surface area contributed by atoms with Gasteiger partial charge >= 0.3 is 5.97 Å². The molecule has 1 aromatic heterocycles. The van der Waals surface area contributed by atoms with Crippen molar-refractivity contribution in [3.05, 3.63) is 71.6 Å². The average molecular weight is 400 g/mol. The van der Waals surface area contributed by atoms with Crippen LogP contribution in [0.3, 0.4) is 0 Å². The van der Waals surface area contributed by atoms with Crippen LogP contribution < -0.4 is 4.72 Å². The van der Waals surface area contributed by atoms with Crippen LogP contribution in [0.1, 0.15) is 28.5 Å². The van der Waals surface area contributed by atoms with E-state index in [1.807, 2.05) is 31.2 Å². The summed E-state index contributed by atoms with van der Waals surface area (Å²) < 4.78 is 36.9. The van der Waals surface area contributed by atoms with Crippen molar-refractivity contribution < 1.29 is 22.4 Å². The lowest BCUT2D eigenvalue weighted by Gasteiger charge is -2.06. The Labute approximate surface area is 163 Å².